The van der Waals surface area contributed by atoms with Crippen LogP contribution >= 0.6 is 0 Å². The molecule has 0 saturated carbocycles. The highest BCUT2D eigenvalue weighted by Crippen LogP contribution is 2.17. The minimum absolute atomic E-state index is 0.0860. The van der Waals surface area contributed by atoms with Crippen molar-refractivity contribution in [2.24, 2.45) is 5.73 Å². The Balaban J connectivity index is 0.000000429. The molecule has 0 aliphatic rings. The lowest BCUT2D eigenvalue weighted by Gasteiger charge is -2.04. The molecule has 1 amide bonds. The number of carbonyl (C=O) groups excluding carboxylic acids is 1. The summed E-state index contributed by atoms with van der Waals surface area (Å²) in [4.78, 5) is 40.6. The van der Waals surface area contributed by atoms with E-state index in [4.69, 9.17) is 5.73 Å². The van der Waals surface area contributed by atoms with Gasteiger partial charge in [0.05, 0.1) is 11.4 Å². The lowest BCUT2D eigenvalue weighted by molar-refractivity contribution is -0.119. The zero-order valence-electron chi connectivity index (χ0n) is 31.4. The molecule has 0 aliphatic carbocycles. The van der Waals surface area contributed by atoms with Gasteiger partial charge in [-0.15, -0.1) is 10.2 Å². The van der Waals surface area contributed by atoms with Gasteiger partial charge >= 0.3 is 11.4 Å². The van der Waals surface area contributed by atoms with Gasteiger partial charge in [0.1, 0.15) is 0 Å². The molecule has 11 nitrogen and oxygen atoms in total. The summed E-state index contributed by atoms with van der Waals surface area (Å²) in [6, 6.07) is 33.7. The molecular weight excluding hydrogens is 640 g/mol. The fourth-order valence-electron chi connectivity index (χ4n) is 4.30. The molecule has 0 radical (unpaired) electrons. The van der Waals surface area contributed by atoms with Gasteiger partial charge in [0, 0.05) is 31.1 Å². The van der Waals surface area contributed by atoms with E-state index in [9.17, 15) is 14.4 Å². The van der Waals surface area contributed by atoms with Crippen molar-refractivity contribution in [3.8, 4) is 34.2 Å². The van der Waals surface area contributed by atoms with Crippen LogP contribution in [0.3, 0.4) is 0 Å². The molecule has 0 bridgehead atoms. The number of hydrogen-bond acceptors (Lipinski definition) is 6. The highest BCUT2D eigenvalue weighted by Gasteiger charge is 2.10. The van der Waals surface area contributed by atoms with Crippen LogP contribution in [0.25, 0.3) is 34.2 Å². The second-order valence-electron chi connectivity index (χ2n) is 9.57. The lowest BCUT2D eigenvalue weighted by atomic mass is 10.1. The van der Waals surface area contributed by atoms with Crippen LogP contribution in [0.5, 0.6) is 0 Å². The third kappa shape index (κ3) is 13.2. The van der Waals surface area contributed by atoms with Gasteiger partial charge in [0.15, 0.2) is 11.6 Å². The topological polar surface area (TPSA) is 156 Å². The Morgan fingerprint density at radius 3 is 1.39 bits per heavy atom. The molecule has 0 saturated heterocycles. The molecule has 2 aromatic heterocycles. The van der Waals surface area contributed by atoms with Crippen molar-refractivity contribution in [3.05, 3.63) is 141 Å². The van der Waals surface area contributed by atoms with Crippen LogP contribution < -0.4 is 22.4 Å². The largest absolute Gasteiger partial charge is 0.352 e. The molecule has 0 aliphatic heterocycles. The Morgan fingerprint density at radius 1 is 0.608 bits per heavy atom. The third-order valence-electron chi connectivity index (χ3n) is 6.41. The predicted molar refractivity (Wildman–Crippen MR) is 210 cm³/mol. The zero-order valence-corrected chi connectivity index (χ0v) is 31.4. The van der Waals surface area contributed by atoms with E-state index in [2.05, 4.69) is 25.5 Å². The summed E-state index contributed by atoms with van der Waals surface area (Å²) in [5, 5.41) is 11.4. The van der Waals surface area contributed by atoms with Gasteiger partial charge in [0.2, 0.25) is 5.91 Å². The summed E-state index contributed by atoms with van der Waals surface area (Å²) in [7, 11) is 0. The second-order valence-corrected chi connectivity index (χ2v) is 9.57. The maximum Gasteiger partial charge on any atom is 0.348 e. The highest BCUT2D eigenvalue weighted by molar-refractivity contribution is 5.72. The number of H-pyrrole nitrogens is 2. The number of para-hydroxylation sites is 2. The maximum absolute atomic E-state index is 12.1. The van der Waals surface area contributed by atoms with E-state index < -0.39 is 0 Å². The standard InChI is InChI=1S/C17H16N4O2.C15H14N4O.4C2H6/c1-12(22)18-11-13-6-5-7-14(10-13)16-19-17(23)21(20-16)15-8-3-2-4-9-15;16-10-11-5-4-6-12(9-11)14-17-15(20)19(18-14)13-7-2-1-3-8-13;4*1-2/h2-10H,11H2,1H3,(H,18,22)(H,19,20,23);1-9H,10,16H2,(H,17,18,20);4*1-2H3. The van der Waals surface area contributed by atoms with Crippen molar-refractivity contribution in [1.29, 1.82) is 0 Å². The average molecular weight is 695 g/mol. The van der Waals surface area contributed by atoms with E-state index in [0.717, 1.165) is 27.9 Å². The number of carbonyl (C=O) groups is 1. The number of benzene rings is 4. The van der Waals surface area contributed by atoms with Crippen molar-refractivity contribution in [3.63, 3.8) is 0 Å². The summed E-state index contributed by atoms with van der Waals surface area (Å²) in [5.41, 5.74) is 10.1. The molecule has 5 N–H and O–H groups in total. The minimum atomic E-state index is -0.293. The molecule has 0 atom stereocenters. The van der Waals surface area contributed by atoms with E-state index >= 15 is 0 Å². The monoisotopic (exact) mass is 694 g/mol. The van der Waals surface area contributed by atoms with Crippen LogP contribution in [0, 0.1) is 0 Å². The summed E-state index contributed by atoms with van der Waals surface area (Å²) in [6.45, 7) is 18.4. The molecule has 4 aromatic carbocycles. The van der Waals surface area contributed by atoms with Crippen LogP contribution in [0.1, 0.15) is 73.4 Å². The summed E-state index contributed by atoms with van der Waals surface area (Å²) < 4.78 is 2.68. The number of amides is 1. The number of aromatic amines is 2. The SMILES string of the molecule is CC.CC.CC.CC.CC(=O)NCc1cccc(-c2nn(-c3ccccc3)c(=O)[nH]2)c1.NCc1cccc(-c2nn(-c3ccccc3)c(=O)[nH]2)c1. The first-order chi connectivity index (χ1) is 24.9. The minimum Gasteiger partial charge on any atom is -0.352 e. The van der Waals surface area contributed by atoms with E-state index in [1.54, 1.807) is 0 Å². The van der Waals surface area contributed by atoms with Crippen molar-refractivity contribution in [2.75, 3.05) is 0 Å². The fourth-order valence-corrected chi connectivity index (χ4v) is 4.30. The number of nitrogens with zero attached hydrogens (tertiary/aromatic N) is 4. The smallest absolute Gasteiger partial charge is 0.348 e. The Hall–Kier alpha value is -5.81. The molecule has 0 fully saturated rings. The van der Waals surface area contributed by atoms with Gasteiger partial charge < -0.3 is 11.1 Å². The average Bonchev–Trinajstić information content (AvgIpc) is 3.80. The maximum atomic E-state index is 12.1. The van der Waals surface area contributed by atoms with Gasteiger partial charge in [-0.1, -0.05) is 128 Å². The first kappa shape index (κ1) is 43.2. The molecule has 6 rings (SSSR count). The number of nitrogens with two attached hydrogens (primary N) is 1. The van der Waals surface area contributed by atoms with Gasteiger partial charge in [-0.3, -0.25) is 14.8 Å². The molecule has 2 heterocycles. The number of nitrogens with one attached hydrogen (secondary N) is 3. The first-order valence-corrected chi connectivity index (χ1v) is 17.5. The van der Waals surface area contributed by atoms with E-state index in [1.165, 1.54) is 16.3 Å². The lowest BCUT2D eigenvalue weighted by Crippen LogP contribution is -2.18. The Bertz CT molecular complexity index is 1940. The van der Waals surface area contributed by atoms with Crippen molar-refractivity contribution >= 4 is 5.91 Å². The van der Waals surface area contributed by atoms with Gasteiger partial charge in [0.25, 0.3) is 0 Å². The van der Waals surface area contributed by atoms with Crippen molar-refractivity contribution in [1.82, 2.24) is 34.8 Å². The first-order valence-electron chi connectivity index (χ1n) is 17.5. The third-order valence-corrected chi connectivity index (χ3v) is 6.41. The van der Waals surface area contributed by atoms with E-state index in [0.29, 0.717) is 30.4 Å². The molecule has 272 valence electrons. The number of rotatable bonds is 7. The van der Waals surface area contributed by atoms with Gasteiger partial charge in [-0.2, -0.15) is 9.36 Å². The Labute approximate surface area is 301 Å². The fraction of sp³-hybridized carbons (Fsp3) is 0.275. The quantitative estimate of drug-likeness (QED) is 0.134. The summed E-state index contributed by atoms with van der Waals surface area (Å²) in [6.07, 6.45) is 0. The number of aromatic nitrogens is 6. The predicted octanol–water partition coefficient (Wildman–Crippen LogP) is 7.65. The Kier molecular flexibility index (Phi) is 20.6. The molecule has 11 heteroatoms. The summed E-state index contributed by atoms with van der Waals surface area (Å²) >= 11 is 0. The van der Waals surface area contributed by atoms with E-state index in [1.807, 2.05) is 165 Å². The van der Waals surface area contributed by atoms with Gasteiger partial charge in [-0.25, -0.2) is 9.59 Å². The molecule has 51 heavy (non-hydrogen) atoms. The van der Waals surface area contributed by atoms with Crippen LogP contribution in [0.4, 0.5) is 0 Å². The number of hydrogen-bond donors (Lipinski definition) is 4. The second kappa shape index (κ2) is 24.3. The Morgan fingerprint density at radius 2 is 1.00 bits per heavy atom. The van der Waals surface area contributed by atoms with Crippen LogP contribution in [0.15, 0.2) is 119 Å². The summed E-state index contributed by atoms with van der Waals surface area (Å²) in [5.74, 6) is 0.940. The highest BCUT2D eigenvalue weighted by atomic mass is 16.2. The van der Waals surface area contributed by atoms with Gasteiger partial charge in [-0.05, 0) is 47.5 Å². The van der Waals surface area contributed by atoms with Crippen molar-refractivity contribution in [2.45, 2.75) is 75.4 Å². The normalized spacial score (nSPS) is 9.37. The van der Waals surface area contributed by atoms with Crippen LogP contribution in [0.2, 0.25) is 0 Å². The van der Waals surface area contributed by atoms with E-state index in [-0.39, 0.29) is 17.3 Å². The molecule has 6 aromatic rings. The molecule has 0 spiro atoms. The van der Waals surface area contributed by atoms with Crippen LogP contribution in [-0.4, -0.2) is 35.4 Å². The zero-order chi connectivity index (χ0) is 38.2. The molecule has 0 unspecified atom stereocenters. The van der Waals surface area contributed by atoms with Crippen LogP contribution in [-0.2, 0) is 17.9 Å². The van der Waals surface area contributed by atoms with Crippen molar-refractivity contribution < 1.29 is 4.79 Å². The molecular formula is C40H54N8O3.